The predicted octanol–water partition coefficient (Wildman–Crippen LogP) is 0.741. The summed E-state index contributed by atoms with van der Waals surface area (Å²) in [6, 6.07) is -0.0737. The minimum absolute atomic E-state index is 0.0737. The summed E-state index contributed by atoms with van der Waals surface area (Å²) in [4.78, 5) is 17.1. The van der Waals surface area contributed by atoms with E-state index in [-0.39, 0.29) is 18.1 Å². The third-order valence-electron chi connectivity index (χ3n) is 5.00. The van der Waals surface area contributed by atoms with E-state index in [0.717, 1.165) is 57.5 Å². The van der Waals surface area contributed by atoms with Gasteiger partial charge in [-0.2, -0.15) is 5.10 Å². The van der Waals surface area contributed by atoms with Gasteiger partial charge in [0.05, 0.1) is 31.5 Å². The van der Waals surface area contributed by atoms with E-state index in [9.17, 15) is 4.79 Å². The number of carbonyl (C=O) groups is 1. The molecule has 1 amide bonds. The Labute approximate surface area is 143 Å². The molecular weight excluding hydrogens is 308 g/mol. The van der Waals surface area contributed by atoms with Crippen LogP contribution in [0, 0.1) is 0 Å². The van der Waals surface area contributed by atoms with Gasteiger partial charge in [0.1, 0.15) is 0 Å². The van der Waals surface area contributed by atoms with Gasteiger partial charge >= 0.3 is 0 Å². The molecule has 2 fully saturated rings. The number of carbonyl (C=O) groups excluding carboxylic acids is 1. The number of nitrogens with zero attached hydrogens (tertiary/aromatic N) is 4. The van der Waals surface area contributed by atoms with E-state index in [0.29, 0.717) is 6.61 Å². The Morgan fingerprint density at radius 2 is 2.12 bits per heavy atom. The molecule has 0 N–H and O–H groups in total. The molecular formula is C17H28N4O3. The van der Waals surface area contributed by atoms with Gasteiger partial charge in [-0.05, 0) is 19.3 Å². The van der Waals surface area contributed by atoms with Crippen LogP contribution in [0.1, 0.15) is 24.8 Å². The van der Waals surface area contributed by atoms with Crippen LogP contribution in [0.25, 0.3) is 0 Å². The molecule has 1 aromatic heterocycles. The molecule has 3 heterocycles. The molecule has 2 saturated heterocycles. The maximum absolute atomic E-state index is 12.8. The normalized spacial score (nSPS) is 24.8. The summed E-state index contributed by atoms with van der Waals surface area (Å²) in [5.74, 6) is 0.263. The zero-order valence-electron chi connectivity index (χ0n) is 14.7. The molecule has 2 aliphatic heterocycles. The van der Waals surface area contributed by atoms with Crippen molar-refractivity contribution in [3.8, 4) is 0 Å². The van der Waals surface area contributed by atoms with Crippen molar-refractivity contribution >= 4 is 5.91 Å². The van der Waals surface area contributed by atoms with Gasteiger partial charge in [-0.25, -0.2) is 0 Å². The lowest BCUT2D eigenvalue weighted by Crippen LogP contribution is -2.44. The molecule has 7 heteroatoms. The topological polar surface area (TPSA) is 59.8 Å². The van der Waals surface area contributed by atoms with E-state index in [1.807, 2.05) is 22.0 Å². The smallest absolute Gasteiger partial charge is 0.240 e. The van der Waals surface area contributed by atoms with Gasteiger partial charge in [0.2, 0.25) is 5.91 Å². The van der Waals surface area contributed by atoms with E-state index in [1.165, 1.54) is 0 Å². The average Bonchev–Trinajstić information content (AvgIpc) is 3.33. The number of hydrogen-bond donors (Lipinski definition) is 0. The molecule has 7 nitrogen and oxygen atoms in total. The highest BCUT2D eigenvalue weighted by molar-refractivity contribution is 5.82. The molecule has 0 bridgehead atoms. The number of ether oxygens (including phenoxy) is 2. The summed E-state index contributed by atoms with van der Waals surface area (Å²) in [6.45, 7) is 4.71. The highest BCUT2D eigenvalue weighted by Gasteiger charge is 2.39. The number of rotatable bonds is 7. The zero-order chi connectivity index (χ0) is 16.9. The molecule has 0 spiro atoms. The van der Waals surface area contributed by atoms with Crippen molar-refractivity contribution in [1.29, 1.82) is 0 Å². The first-order chi connectivity index (χ1) is 11.7. The quantitative estimate of drug-likeness (QED) is 0.735. The minimum atomic E-state index is -0.0737. The number of amides is 1. The van der Waals surface area contributed by atoms with Gasteiger partial charge in [-0.1, -0.05) is 0 Å². The zero-order valence-corrected chi connectivity index (χ0v) is 14.7. The third-order valence-corrected chi connectivity index (χ3v) is 5.00. The third kappa shape index (κ3) is 3.96. The molecule has 134 valence electrons. The molecule has 1 aromatic rings. The Morgan fingerprint density at radius 1 is 1.33 bits per heavy atom. The fourth-order valence-corrected chi connectivity index (χ4v) is 3.64. The van der Waals surface area contributed by atoms with Crippen molar-refractivity contribution < 1.29 is 14.3 Å². The standard InChI is InChI=1S/C17H28N4O3/c1-23-8-7-21-12-14(10-18-21)11-20-13-15(24-2)9-16(20)17(22)19-5-3-4-6-19/h10,12,15-16H,3-9,11,13H2,1-2H3/t15-,16-/m0/s1. The molecule has 24 heavy (non-hydrogen) atoms. The Morgan fingerprint density at radius 3 is 2.83 bits per heavy atom. The molecule has 0 unspecified atom stereocenters. The monoisotopic (exact) mass is 336 g/mol. The van der Waals surface area contributed by atoms with Gasteiger partial charge < -0.3 is 14.4 Å². The Kier molecular flexibility index (Phi) is 5.86. The first kappa shape index (κ1) is 17.4. The molecule has 0 radical (unpaired) electrons. The number of methoxy groups -OCH3 is 2. The van der Waals surface area contributed by atoms with Crippen LogP contribution in [0.4, 0.5) is 0 Å². The van der Waals surface area contributed by atoms with Gasteiger partial charge in [-0.15, -0.1) is 0 Å². The van der Waals surface area contributed by atoms with Crippen molar-refractivity contribution in [2.75, 3.05) is 40.5 Å². The summed E-state index contributed by atoms with van der Waals surface area (Å²) >= 11 is 0. The Hall–Kier alpha value is -1.44. The van der Waals surface area contributed by atoms with Crippen LogP contribution in [0.2, 0.25) is 0 Å². The van der Waals surface area contributed by atoms with Crippen LogP contribution in [0.15, 0.2) is 12.4 Å². The van der Waals surface area contributed by atoms with Crippen LogP contribution < -0.4 is 0 Å². The first-order valence-corrected chi connectivity index (χ1v) is 8.77. The minimum Gasteiger partial charge on any atom is -0.383 e. The van der Waals surface area contributed by atoms with Crippen molar-refractivity contribution in [2.45, 2.75) is 44.5 Å². The van der Waals surface area contributed by atoms with E-state index in [1.54, 1.807) is 14.2 Å². The Balaban J connectivity index is 1.64. The maximum atomic E-state index is 12.8. The van der Waals surface area contributed by atoms with E-state index < -0.39 is 0 Å². The summed E-state index contributed by atoms with van der Waals surface area (Å²) in [5, 5.41) is 4.37. The van der Waals surface area contributed by atoms with E-state index in [2.05, 4.69) is 10.00 Å². The van der Waals surface area contributed by atoms with Gasteiger partial charge in [-0.3, -0.25) is 14.4 Å². The van der Waals surface area contributed by atoms with Crippen molar-refractivity contribution in [3.05, 3.63) is 18.0 Å². The van der Waals surface area contributed by atoms with Crippen LogP contribution in [0.3, 0.4) is 0 Å². The molecule has 2 aliphatic rings. The van der Waals surface area contributed by atoms with Crippen molar-refractivity contribution in [1.82, 2.24) is 19.6 Å². The van der Waals surface area contributed by atoms with Crippen molar-refractivity contribution in [3.63, 3.8) is 0 Å². The summed E-state index contributed by atoms with van der Waals surface area (Å²) in [5.41, 5.74) is 1.13. The van der Waals surface area contributed by atoms with Crippen molar-refractivity contribution in [2.24, 2.45) is 0 Å². The van der Waals surface area contributed by atoms with E-state index >= 15 is 0 Å². The maximum Gasteiger partial charge on any atom is 0.240 e. The summed E-state index contributed by atoms with van der Waals surface area (Å²) < 4.78 is 12.5. The molecule has 2 atom stereocenters. The number of aromatic nitrogens is 2. The van der Waals surface area contributed by atoms with Crippen LogP contribution in [0.5, 0.6) is 0 Å². The second-order valence-electron chi connectivity index (χ2n) is 6.68. The van der Waals surface area contributed by atoms with E-state index in [4.69, 9.17) is 9.47 Å². The van der Waals surface area contributed by atoms with Crippen LogP contribution in [-0.2, 0) is 27.4 Å². The van der Waals surface area contributed by atoms with Gasteiger partial charge in [0, 0.05) is 52.2 Å². The average molecular weight is 336 g/mol. The lowest BCUT2D eigenvalue weighted by molar-refractivity contribution is -0.135. The van der Waals surface area contributed by atoms with Crippen LogP contribution in [-0.4, -0.2) is 78.1 Å². The number of hydrogen-bond acceptors (Lipinski definition) is 5. The van der Waals surface area contributed by atoms with Crippen LogP contribution >= 0.6 is 0 Å². The van der Waals surface area contributed by atoms with Gasteiger partial charge in [0.15, 0.2) is 0 Å². The second kappa shape index (κ2) is 8.09. The first-order valence-electron chi connectivity index (χ1n) is 8.77. The number of likely N-dealkylation sites (tertiary alicyclic amines) is 2. The molecule has 0 aromatic carbocycles. The molecule has 0 saturated carbocycles. The predicted molar refractivity (Wildman–Crippen MR) is 89.5 cm³/mol. The fraction of sp³-hybridized carbons (Fsp3) is 0.765. The lowest BCUT2D eigenvalue weighted by Gasteiger charge is -2.27. The second-order valence-corrected chi connectivity index (χ2v) is 6.68. The summed E-state index contributed by atoms with van der Waals surface area (Å²) in [7, 11) is 3.42. The summed E-state index contributed by atoms with van der Waals surface area (Å²) in [6.07, 6.45) is 7.08. The lowest BCUT2D eigenvalue weighted by atomic mass is 10.1. The van der Waals surface area contributed by atoms with Gasteiger partial charge in [0.25, 0.3) is 0 Å². The largest absolute Gasteiger partial charge is 0.383 e. The Bertz CT molecular complexity index is 542. The fourth-order valence-electron chi connectivity index (χ4n) is 3.64. The SMILES string of the molecule is COCCn1cc(CN2C[C@@H](OC)C[C@H]2C(=O)N2CCCC2)cn1. The molecule has 3 rings (SSSR count). The molecule has 0 aliphatic carbocycles. The highest BCUT2D eigenvalue weighted by atomic mass is 16.5. The highest BCUT2D eigenvalue weighted by Crippen LogP contribution is 2.25.